The lowest BCUT2D eigenvalue weighted by Gasteiger charge is -2.01. The third-order valence-corrected chi connectivity index (χ3v) is 3.76. The van der Waals surface area contributed by atoms with Crippen molar-refractivity contribution in [2.75, 3.05) is 5.32 Å². The molecule has 2 aromatic heterocycles. The van der Waals surface area contributed by atoms with Crippen LogP contribution in [0.15, 0.2) is 77.5 Å². The molecule has 4 nitrogen and oxygen atoms in total. The first-order valence-corrected chi connectivity index (χ1v) is 7.60. The number of pyridine rings is 1. The summed E-state index contributed by atoms with van der Waals surface area (Å²) in [7, 11) is 0. The third-order valence-electron chi connectivity index (χ3n) is 3.76. The van der Waals surface area contributed by atoms with E-state index in [9.17, 15) is 4.79 Å². The van der Waals surface area contributed by atoms with Crippen molar-refractivity contribution in [1.82, 2.24) is 4.98 Å². The predicted octanol–water partition coefficient (Wildman–Crippen LogP) is 4.63. The lowest BCUT2D eigenvalue weighted by molar-refractivity contribution is -0.111. The van der Waals surface area contributed by atoms with Crippen molar-refractivity contribution in [3.8, 4) is 0 Å². The number of hydrogen-bond donors (Lipinski definition) is 1. The minimum atomic E-state index is -0.200. The van der Waals surface area contributed by atoms with Gasteiger partial charge in [-0.25, -0.2) is 0 Å². The number of aromatic nitrogens is 1. The highest BCUT2D eigenvalue weighted by Gasteiger charge is 2.07. The minimum absolute atomic E-state index is 0.200. The second-order valence-electron chi connectivity index (χ2n) is 5.42. The summed E-state index contributed by atoms with van der Waals surface area (Å²) in [5.41, 5.74) is 3.17. The van der Waals surface area contributed by atoms with Crippen LogP contribution < -0.4 is 5.32 Å². The standard InChI is InChI=1S/C20H14N2O2/c23-20(10-7-14-4-3-11-21-13-14)22-15-8-9-17-16-5-1-2-6-18(16)24-19(17)12-15/h1-13H,(H,22,23). The summed E-state index contributed by atoms with van der Waals surface area (Å²) in [4.78, 5) is 16.1. The molecule has 1 amide bonds. The van der Waals surface area contributed by atoms with Crippen molar-refractivity contribution in [3.05, 3.63) is 78.6 Å². The molecule has 4 rings (SSSR count). The SMILES string of the molecule is O=C(C=Cc1cccnc1)Nc1ccc2c(c1)oc1ccccc12. The number of carbonyl (C=O) groups is 1. The molecule has 4 aromatic rings. The van der Waals surface area contributed by atoms with Gasteiger partial charge in [0.25, 0.3) is 0 Å². The highest BCUT2D eigenvalue weighted by atomic mass is 16.3. The Morgan fingerprint density at radius 2 is 1.88 bits per heavy atom. The van der Waals surface area contributed by atoms with Crippen LogP contribution in [0.3, 0.4) is 0 Å². The molecule has 0 aliphatic carbocycles. The Bertz CT molecular complexity index is 1050. The molecule has 0 aliphatic heterocycles. The van der Waals surface area contributed by atoms with Gasteiger partial charge >= 0.3 is 0 Å². The Balaban J connectivity index is 1.57. The van der Waals surface area contributed by atoms with Crippen LogP contribution in [0.4, 0.5) is 5.69 Å². The van der Waals surface area contributed by atoms with Crippen LogP contribution in [0.5, 0.6) is 0 Å². The second-order valence-corrected chi connectivity index (χ2v) is 5.42. The molecule has 0 unspecified atom stereocenters. The first-order valence-electron chi connectivity index (χ1n) is 7.60. The quantitative estimate of drug-likeness (QED) is 0.561. The van der Waals surface area contributed by atoms with E-state index in [2.05, 4.69) is 10.3 Å². The van der Waals surface area contributed by atoms with Gasteiger partial charge in [-0.15, -0.1) is 0 Å². The topological polar surface area (TPSA) is 55.1 Å². The molecule has 0 fully saturated rings. The Morgan fingerprint density at radius 1 is 1.00 bits per heavy atom. The molecule has 0 atom stereocenters. The van der Waals surface area contributed by atoms with E-state index in [-0.39, 0.29) is 5.91 Å². The van der Waals surface area contributed by atoms with Gasteiger partial charge in [0.15, 0.2) is 0 Å². The number of para-hydroxylation sites is 1. The van der Waals surface area contributed by atoms with Gasteiger partial charge in [-0.3, -0.25) is 9.78 Å². The van der Waals surface area contributed by atoms with E-state index in [4.69, 9.17) is 4.42 Å². The highest BCUT2D eigenvalue weighted by molar-refractivity contribution is 6.07. The van der Waals surface area contributed by atoms with Gasteiger partial charge in [0.05, 0.1) is 0 Å². The summed E-state index contributed by atoms with van der Waals surface area (Å²) < 4.78 is 5.83. The van der Waals surface area contributed by atoms with Gasteiger partial charge in [0.1, 0.15) is 11.2 Å². The monoisotopic (exact) mass is 314 g/mol. The predicted molar refractivity (Wildman–Crippen MR) is 95.6 cm³/mol. The molecule has 1 N–H and O–H groups in total. The second kappa shape index (κ2) is 6.01. The van der Waals surface area contributed by atoms with Crippen molar-refractivity contribution < 1.29 is 9.21 Å². The molecular formula is C20H14N2O2. The molecule has 2 aromatic carbocycles. The number of rotatable bonds is 3. The lowest BCUT2D eigenvalue weighted by Crippen LogP contribution is -2.07. The van der Waals surface area contributed by atoms with E-state index in [0.29, 0.717) is 5.69 Å². The first-order chi connectivity index (χ1) is 11.8. The van der Waals surface area contributed by atoms with Gasteiger partial charge in [0.2, 0.25) is 5.91 Å². The summed E-state index contributed by atoms with van der Waals surface area (Å²) in [6, 6.07) is 17.3. The van der Waals surface area contributed by atoms with Crippen molar-refractivity contribution in [3.63, 3.8) is 0 Å². The summed E-state index contributed by atoms with van der Waals surface area (Å²) in [6.07, 6.45) is 6.60. The molecular weight excluding hydrogens is 300 g/mol. The molecule has 116 valence electrons. The average molecular weight is 314 g/mol. The zero-order valence-corrected chi connectivity index (χ0v) is 12.8. The normalized spacial score (nSPS) is 11.3. The van der Waals surface area contributed by atoms with Crippen molar-refractivity contribution >= 4 is 39.6 Å². The zero-order valence-electron chi connectivity index (χ0n) is 12.8. The van der Waals surface area contributed by atoms with Gasteiger partial charge < -0.3 is 9.73 Å². The number of fused-ring (bicyclic) bond motifs is 3. The van der Waals surface area contributed by atoms with Gasteiger partial charge in [-0.1, -0.05) is 24.3 Å². The van der Waals surface area contributed by atoms with Crippen LogP contribution in [-0.2, 0) is 4.79 Å². The zero-order chi connectivity index (χ0) is 16.4. The fourth-order valence-electron chi connectivity index (χ4n) is 2.63. The van der Waals surface area contributed by atoms with Crippen LogP contribution in [0.1, 0.15) is 5.56 Å². The molecule has 0 bridgehead atoms. The summed E-state index contributed by atoms with van der Waals surface area (Å²) >= 11 is 0. The Hall–Kier alpha value is -3.40. The summed E-state index contributed by atoms with van der Waals surface area (Å²) in [5, 5.41) is 4.95. The fourth-order valence-corrected chi connectivity index (χ4v) is 2.63. The lowest BCUT2D eigenvalue weighted by atomic mass is 10.1. The fraction of sp³-hybridized carbons (Fsp3) is 0. The van der Waals surface area contributed by atoms with Crippen molar-refractivity contribution in [2.45, 2.75) is 0 Å². The summed E-state index contributed by atoms with van der Waals surface area (Å²) in [6.45, 7) is 0. The maximum absolute atomic E-state index is 12.0. The third kappa shape index (κ3) is 2.77. The van der Waals surface area contributed by atoms with Gasteiger partial charge in [-0.05, 0) is 35.9 Å². The molecule has 0 radical (unpaired) electrons. The number of nitrogens with one attached hydrogen (secondary N) is 1. The van der Waals surface area contributed by atoms with Crippen LogP contribution in [-0.4, -0.2) is 10.9 Å². The smallest absolute Gasteiger partial charge is 0.248 e. The van der Waals surface area contributed by atoms with E-state index in [0.717, 1.165) is 27.5 Å². The van der Waals surface area contributed by atoms with E-state index in [1.54, 1.807) is 18.5 Å². The van der Waals surface area contributed by atoms with Crippen LogP contribution in [0.2, 0.25) is 0 Å². The van der Waals surface area contributed by atoms with Gasteiger partial charge in [0, 0.05) is 41.0 Å². The number of nitrogens with zero attached hydrogens (tertiary/aromatic N) is 1. The van der Waals surface area contributed by atoms with Crippen molar-refractivity contribution in [1.29, 1.82) is 0 Å². The van der Waals surface area contributed by atoms with Crippen LogP contribution in [0, 0.1) is 0 Å². The Labute approximate surface area is 138 Å². The Kier molecular flexibility index (Phi) is 3.56. The molecule has 0 aliphatic rings. The highest BCUT2D eigenvalue weighted by Crippen LogP contribution is 2.30. The minimum Gasteiger partial charge on any atom is -0.456 e. The molecule has 4 heteroatoms. The van der Waals surface area contributed by atoms with Gasteiger partial charge in [-0.2, -0.15) is 0 Å². The first kappa shape index (κ1) is 14.2. The number of benzene rings is 2. The van der Waals surface area contributed by atoms with Crippen molar-refractivity contribution in [2.24, 2.45) is 0 Å². The maximum atomic E-state index is 12.0. The molecule has 24 heavy (non-hydrogen) atoms. The van der Waals surface area contributed by atoms with E-state index >= 15 is 0 Å². The number of hydrogen-bond acceptors (Lipinski definition) is 3. The number of carbonyl (C=O) groups excluding carboxylic acids is 1. The summed E-state index contributed by atoms with van der Waals surface area (Å²) in [5.74, 6) is -0.200. The molecule has 0 saturated carbocycles. The van der Waals surface area contributed by atoms with Crippen LogP contribution in [0.25, 0.3) is 28.0 Å². The molecule has 2 heterocycles. The van der Waals surface area contributed by atoms with Crippen LogP contribution >= 0.6 is 0 Å². The number of furan rings is 1. The molecule has 0 spiro atoms. The van der Waals surface area contributed by atoms with E-state index in [1.807, 2.05) is 54.6 Å². The number of anilines is 1. The van der Waals surface area contributed by atoms with E-state index in [1.165, 1.54) is 6.08 Å². The molecule has 0 saturated heterocycles. The maximum Gasteiger partial charge on any atom is 0.248 e. The van der Waals surface area contributed by atoms with E-state index < -0.39 is 0 Å². The average Bonchev–Trinajstić information content (AvgIpc) is 2.98. The Morgan fingerprint density at radius 3 is 2.75 bits per heavy atom. The number of amides is 1. The largest absolute Gasteiger partial charge is 0.456 e.